The summed E-state index contributed by atoms with van der Waals surface area (Å²) in [6.07, 6.45) is 3.43. The molecular formula is C23H19N3O5S. The standard InChI is InChI=1S/C23H19N3O5S/c1-25-12-16(15-4-2-3-5-17(15)25)21(27)24-8-9-26-22(28)20(32-23(26)29)11-14-6-7-18-19(10-14)31-13-30-18/h2-7,10-12H,8-9,13H2,1H3,(H,24,27)/b20-11-. The van der Waals surface area contributed by atoms with E-state index in [4.69, 9.17) is 9.47 Å². The maximum atomic E-state index is 12.7. The van der Waals surface area contributed by atoms with Crippen LogP contribution in [-0.4, -0.2) is 46.4 Å². The monoisotopic (exact) mass is 449 g/mol. The highest BCUT2D eigenvalue weighted by molar-refractivity contribution is 8.18. The average Bonchev–Trinajstić information content (AvgIpc) is 3.46. The Kier molecular flexibility index (Phi) is 5.10. The Balaban J connectivity index is 1.23. The van der Waals surface area contributed by atoms with Crippen LogP contribution >= 0.6 is 11.8 Å². The summed E-state index contributed by atoms with van der Waals surface area (Å²) in [7, 11) is 1.88. The van der Waals surface area contributed by atoms with Crippen molar-refractivity contribution in [3.05, 3.63) is 64.7 Å². The van der Waals surface area contributed by atoms with Crippen LogP contribution in [0, 0.1) is 0 Å². The fourth-order valence-corrected chi connectivity index (χ4v) is 4.61. The number of carbonyl (C=O) groups is 3. The fourth-order valence-electron chi connectivity index (χ4n) is 3.75. The largest absolute Gasteiger partial charge is 0.454 e. The van der Waals surface area contributed by atoms with E-state index in [9.17, 15) is 14.4 Å². The van der Waals surface area contributed by atoms with Gasteiger partial charge in [-0.15, -0.1) is 0 Å². The number of nitrogens with one attached hydrogen (secondary N) is 1. The van der Waals surface area contributed by atoms with Crippen LogP contribution in [0.25, 0.3) is 17.0 Å². The van der Waals surface area contributed by atoms with Crippen molar-refractivity contribution in [2.75, 3.05) is 19.9 Å². The Labute approximate surface area is 187 Å². The summed E-state index contributed by atoms with van der Waals surface area (Å²) in [5.74, 6) is 0.632. The van der Waals surface area contributed by atoms with Gasteiger partial charge in [0.2, 0.25) is 6.79 Å². The lowest BCUT2D eigenvalue weighted by atomic mass is 10.1. The van der Waals surface area contributed by atoms with Crippen molar-refractivity contribution >= 4 is 45.8 Å². The van der Waals surface area contributed by atoms with Crippen LogP contribution in [0.5, 0.6) is 11.5 Å². The van der Waals surface area contributed by atoms with Gasteiger partial charge in [-0.2, -0.15) is 0 Å². The second kappa shape index (κ2) is 8.08. The van der Waals surface area contributed by atoms with Gasteiger partial charge in [0, 0.05) is 37.2 Å². The van der Waals surface area contributed by atoms with Crippen molar-refractivity contribution in [3.8, 4) is 11.5 Å². The highest BCUT2D eigenvalue weighted by atomic mass is 32.2. The second-order valence-electron chi connectivity index (χ2n) is 7.37. The van der Waals surface area contributed by atoms with Crippen LogP contribution in [0.3, 0.4) is 0 Å². The van der Waals surface area contributed by atoms with Gasteiger partial charge >= 0.3 is 0 Å². The zero-order chi connectivity index (χ0) is 22.2. The number of hydrogen-bond donors (Lipinski definition) is 1. The van der Waals surface area contributed by atoms with E-state index >= 15 is 0 Å². The van der Waals surface area contributed by atoms with Crippen molar-refractivity contribution in [1.29, 1.82) is 0 Å². The molecule has 3 heterocycles. The summed E-state index contributed by atoms with van der Waals surface area (Å²) in [5, 5.41) is 3.30. The number of nitrogens with zero attached hydrogens (tertiary/aromatic N) is 2. The van der Waals surface area contributed by atoms with Crippen LogP contribution in [0.15, 0.2) is 53.6 Å². The van der Waals surface area contributed by atoms with E-state index in [0.29, 0.717) is 22.0 Å². The molecule has 5 rings (SSSR count). The molecule has 32 heavy (non-hydrogen) atoms. The average molecular weight is 449 g/mol. The van der Waals surface area contributed by atoms with Crippen LogP contribution in [-0.2, 0) is 11.8 Å². The maximum absolute atomic E-state index is 12.7. The SMILES string of the molecule is Cn1cc(C(=O)NCCN2C(=O)S/C(=C\c3ccc4c(c3)OCO4)C2=O)c2ccccc21. The summed E-state index contributed by atoms with van der Waals surface area (Å²) < 4.78 is 12.5. The smallest absolute Gasteiger partial charge is 0.293 e. The normalized spacial score (nSPS) is 16.4. The molecule has 9 heteroatoms. The van der Waals surface area contributed by atoms with Crippen molar-refractivity contribution < 1.29 is 23.9 Å². The molecule has 2 aromatic carbocycles. The summed E-state index contributed by atoms with van der Waals surface area (Å²) in [5.41, 5.74) is 2.25. The Bertz CT molecular complexity index is 1300. The van der Waals surface area contributed by atoms with Crippen LogP contribution in [0.2, 0.25) is 0 Å². The van der Waals surface area contributed by atoms with Gasteiger partial charge in [0.05, 0.1) is 10.5 Å². The summed E-state index contributed by atoms with van der Waals surface area (Å²) >= 11 is 0.881. The Morgan fingerprint density at radius 2 is 1.97 bits per heavy atom. The quantitative estimate of drug-likeness (QED) is 0.601. The van der Waals surface area contributed by atoms with Gasteiger partial charge in [0.1, 0.15) is 0 Å². The number of ether oxygens (including phenoxy) is 2. The molecule has 8 nitrogen and oxygen atoms in total. The fraction of sp³-hybridized carbons (Fsp3) is 0.174. The molecule has 3 aromatic rings. The molecule has 2 aliphatic rings. The summed E-state index contributed by atoms with van der Waals surface area (Å²) in [4.78, 5) is 39.2. The van der Waals surface area contributed by atoms with E-state index in [0.717, 1.165) is 33.1 Å². The molecule has 1 aromatic heterocycles. The zero-order valence-corrected chi connectivity index (χ0v) is 18.0. The first-order chi connectivity index (χ1) is 15.5. The number of amides is 3. The molecule has 0 bridgehead atoms. The first-order valence-corrected chi connectivity index (χ1v) is 10.8. The number of hydrogen-bond acceptors (Lipinski definition) is 6. The Hall–Kier alpha value is -3.72. The molecule has 0 unspecified atom stereocenters. The lowest BCUT2D eigenvalue weighted by Crippen LogP contribution is -2.37. The highest BCUT2D eigenvalue weighted by Gasteiger charge is 2.34. The maximum Gasteiger partial charge on any atom is 0.293 e. The van der Waals surface area contributed by atoms with Gasteiger partial charge in [-0.25, -0.2) is 0 Å². The molecular weight excluding hydrogens is 430 g/mol. The number of benzene rings is 2. The van der Waals surface area contributed by atoms with Gasteiger partial charge < -0.3 is 19.4 Å². The number of carbonyl (C=O) groups excluding carboxylic acids is 3. The third kappa shape index (κ3) is 3.60. The van der Waals surface area contributed by atoms with Gasteiger partial charge in [-0.05, 0) is 41.6 Å². The lowest BCUT2D eigenvalue weighted by molar-refractivity contribution is -0.122. The van der Waals surface area contributed by atoms with Crippen molar-refractivity contribution in [2.45, 2.75) is 0 Å². The van der Waals surface area contributed by atoms with E-state index in [1.807, 2.05) is 35.9 Å². The number of para-hydroxylation sites is 1. The molecule has 1 saturated heterocycles. The predicted octanol–water partition coefficient (Wildman–Crippen LogP) is 3.37. The summed E-state index contributed by atoms with van der Waals surface area (Å²) in [6.45, 7) is 0.427. The minimum absolute atomic E-state index is 0.0969. The van der Waals surface area contributed by atoms with Crippen LogP contribution in [0.1, 0.15) is 15.9 Å². The molecule has 0 atom stereocenters. The van der Waals surface area contributed by atoms with Gasteiger partial charge in [-0.3, -0.25) is 19.3 Å². The van der Waals surface area contributed by atoms with Crippen molar-refractivity contribution in [2.24, 2.45) is 7.05 Å². The van der Waals surface area contributed by atoms with E-state index in [1.54, 1.807) is 30.5 Å². The molecule has 1 fully saturated rings. The third-order valence-electron chi connectivity index (χ3n) is 5.33. The van der Waals surface area contributed by atoms with E-state index in [1.165, 1.54) is 0 Å². The van der Waals surface area contributed by atoms with Crippen molar-refractivity contribution in [1.82, 2.24) is 14.8 Å². The molecule has 3 amide bonds. The number of imide groups is 1. The number of thioether (sulfide) groups is 1. The van der Waals surface area contributed by atoms with E-state index in [2.05, 4.69) is 5.32 Å². The lowest BCUT2D eigenvalue weighted by Gasteiger charge is -2.12. The molecule has 0 saturated carbocycles. The number of aromatic nitrogens is 1. The molecule has 0 radical (unpaired) electrons. The minimum atomic E-state index is -0.378. The number of rotatable bonds is 5. The van der Waals surface area contributed by atoms with Crippen molar-refractivity contribution in [3.63, 3.8) is 0 Å². The molecule has 0 aliphatic carbocycles. The second-order valence-corrected chi connectivity index (χ2v) is 8.37. The summed E-state index contributed by atoms with van der Waals surface area (Å²) in [6, 6.07) is 13.0. The van der Waals surface area contributed by atoms with Gasteiger partial charge in [-0.1, -0.05) is 24.3 Å². The van der Waals surface area contributed by atoms with Crippen LogP contribution in [0.4, 0.5) is 4.79 Å². The highest BCUT2D eigenvalue weighted by Crippen LogP contribution is 2.36. The van der Waals surface area contributed by atoms with E-state index in [-0.39, 0.29) is 36.9 Å². The predicted molar refractivity (Wildman–Crippen MR) is 120 cm³/mol. The molecule has 1 N–H and O–H groups in total. The molecule has 0 spiro atoms. The topological polar surface area (TPSA) is 89.9 Å². The number of fused-ring (bicyclic) bond motifs is 2. The van der Waals surface area contributed by atoms with Crippen LogP contribution < -0.4 is 14.8 Å². The van der Waals surface area contributed by atoms with E-state index < -0.39 is 0 Å². The number of aryl methyl sites for hydroxylation is 1. The molecule has 162 valence electrons. The Morgan fingerprint density at radius 1 is 1.16 bits per heavy atom. The Morgan fingerprint density at radius 3 is 2.84 bits per heavy atom. The molecule has 2 aliphatic heterocycles. The third-order valence-corrected chi connectivity index (χ3v) is 6.24. The zero-order valence-electron chi connectivity index (χ0n) is 17.2. The van der Waals surface area contributed by atoms with Gasteiger partial charge in [0.25, 0.3) is 17.1 Å². The van der Waals surface area contributed by atoms with Gasteiger partial charge in [0.15, 0.2) is 11.5 Å². The first kappa shape index (κ1) is 20.2. The first-order valence-electron chi connectivity index (χ1n) is 9.98. The minimum Gasteiger partial charge on any atom is -0.454 e.